The summed E-state index contributed by atoms with van der Waals surface area (Å²) in [6, 6.07) is -0.693. The fourth-order valence-corrected chi connectivity index (χ4v) is 1.55. The summed E-state index contributed by atoms with van der Waals surface area (Å²) < 4.78 is 6.01. The molecule has 0 aliphatic rings. The van der Waals surface area contributed by atoms with E-state index in [1.807, 2.05) is 0 Å². The Bertz CT molecular complexity index is 432. The molecule has 1 aromatic rings. The summed E-state index contributed by atoms with van der Waals surface area (Å²) in [5.74, 6) is -0.946. The average molecular weight is 262 g/mol. The first-order valence-corrected chi connectivity index (χ1v) is 5.44. The molecular weight excluding hydrogens is 250 g/mol. The number of hydrogen-bond acceptors (Lipinski definition) is 5. The van der Waals surface area contributed by atoms with Gasteiger partial charge < -0.3 is 14.9 Å². The maximum atomic E-state index is 11.6. The Kier molecular flexibility index (Phi) is 4.45. The first-order chi connectivity index (χ1) is 8.01. The van der Waals surface area contributed by atoms with Gasteiger partial charge in [-0.15, -0.1) is 0 Å². The standard InChI is InChI=1S/C9H12ClN3O4/c1-3-7(9(14)17-4-2)12-5-6(10)8(11-12)13(15)16/h5,7H,3-4H2,1-2H3. The van der Waals surface area contributed by atoms with Crippen LogP contribution in [0.15, 0.2) is 6.20 Å². The number of nitro groups is 1. The number of ether oxygens (including phenoxy) is 1. The van der Waals surface area contributed by atoms with Crippen LogP contribution in [0.2, 0.25) is 5.02 Å². The van der Waals surface area contributed by atoms with Crippen LogP contribution in [-0.2, 0) is 9.53 Å². The van der Waals surface area contributed by atoms with Crippen LogP contribution in [0.5, 0.6) is 0 Å². The topological polar surface area (TPSA) is 87.3 Å². The minimum atomic E-state index is -0.698. The number of nitrogens with zero attached hydrogens (tertiary/aromatic N) is 3. The molecule has 0 amide bonds. The molecule has 1 atom stereocenters. The Morgan fingerprint density at radius 2 is 2.35 bits per heavy atom. The fraction of sp³-hybridized carbons (Fsp3) is 0.556. The second kappa shape index (κ2) is 5.62. The molecule has 1 unspecified atom stereocenters. The normalized spacial score (nSPS) is 12.2. The van der Waals surface area contributed by atoms with Gasteiger partial charge >= 0.3 is 11.8 Å². The van der Waals surface area contributed by atoms with Gasteiger partial charge in [0.1, 0.15) is 0 Å². The Hall–Kier alpha value is -1.63. The second-order valence-corrected chi connectivity index (χ2v) is 3.62. The van der Waals surface area contributed by atoms with Crippen molar-refractivity contribution in [3.63, 3.8) is 0 Å². The van der Waals surface area contributed by atoms with Crippen molar-refractivity contribution in [2.45, 2.75) is 26.3 Å². The molecule has 1 rings (SSSR count). The average Bonchev–Trinajstić information content (AvgIpc) is 2.62. The molecule has 0 fully saturated rings. The van der Waals surface area contributed by atoms with Gasteiger partial charge in [-0.05, 0) is 18.3 Å². The van der Waals surface area contributed by atoms with E-state index in [0.29, 0.717) is 6.42 Å². The third kappa shape index (κ3) is 2.94. The monoisotopic (exact) mass is 261 g/mol. The van der Waals surface area contributed by atoms with Gasteiger partial charge in [-0.3, -0.25) is 0 Å². The third-order valence-corrected chi connectivity index (χ3v) is 2.37. The van der Waals surface area contributed by atoms with Crippen molar-refractivity contribution >= 4 is 23.4 Å². The zero-order chi connectivity index (χ0) is 13.0. The van der Waals surface area contributed by atoms with Gasteiger partial charge in [-0.1, -0.05) is 18.5 Å². The fourth-order valence-electron chi connectivity index (χ4n) is 1.34. The van der Waals surface area contributed by atoms with E-state index in [1.165, 1.54) is 10.9 Å². The van der Waals surface area contributed by atoms with Crippen molar-refractivity contribution < 1.29 is 14.5 Å². The van der Waals surface area contributed by atoms with Gasteiger partial charge in [0.15, 0.2) is 11.1 Å². The Balaban J connectivity index is 3.00. The maximum absolute atomic E-state index is 11.6. The van der Waals surface area contributed by atoms with E-state index in [9.17, 15) is 14.9 Å². The van der Waals surface area contributed by atoms with Crippen LogP contribution in [0.1, 0.15) is 26.3 Å². The highest BCUT2D eigenvalue weighted by atomic mass is 35.5. The molecular formula is C9H12ClN3O4. The second-order valence-electron chi connectivity index (χ2n) is 3.21. The molecule has 8 heteroatoms. The van der Waals surface area contributed by atoms with Crippen LogP contribution in [-0.4, -0.2) is 27.3 Å². The molecule has 0 saturated carbocycles. The molecule has 0 spiro atoms. The molecule has 0 aliphatic carbocycles. The molecule has 0 bridgehead atoms. The zero-order valence-electron chi connectivity index (χ0n) is 9.42. The van der Waals surface area contributed by atoms with Crippen molar-refractivity contribution in [3.8, 4) is 0 Å². The number of halogens is 1. The highest BCUT2D eigenvalue weighted by molar-refractivity contribution is 6.32. The van der Waals surface area contributed by atoms with Crippen LogP contribution < -0.4 is 0 Å². The number of rotatable bonds is 5. The molecule has 0 saturated heterocycles. The summed E-state index contributed by atoms with van der Waals surface area (Å²) in [6.45, 7) is 3.68. The van der Waals surface area contributed by atoms with E-state index in [4.69, 9.17) is 16.3 Å². The molecule has 0 aliphatic heterocycles. The highest BCUT2D eigenvalue weighted by Gasteiger charge is 2.28. The summed E-state index contributed by atoms with van der Waals surface area (Å²) in [4.78, 5) is 21.4. The highest BCUT2D eigenvalue weighted by Crippen LogP contribution is 2.24. The van der Waals surface area contributed by atoms with Crippen LogP contribution in [0.4, 0.5) is 5.82 Å². The predicted molar refractivity (Wildman–Crippen MR) is 59.9 cm³/mol. The van der Waals surface area contributed by atoms with Crippen LogP contribution in [0.25, 0.3) is 0 Å². The SMILES string of the molecule is CCOC(=O)C(CC)n1cc(Cl)c([N+](=O)[O-])n1. The van der Waals surface area contributed by atoms with E-state index < -0.39 is 22.8 Å². The summed E-state index contributed by atoms with van der Waals surface area (Å²) >= 11 is 5.65. The molecule has 0 aromatic carbocycles. The summed E-state index contributed by atoms with van der Waals surface area (Å²) in [5.41, 5.74) is 0. The van der Waals surface area contributed by atoms with Crippen molar-refractivity contribution in [3.05, 3.63) is 21.3 Å². The van der Waals surface area contributed by atoms with Gasteiger partial charge in [0.05, 0.1) is 17.9 Å². The summed E-state index contributed by atoms with van der Waals surface area (Å²) in [6.07, 6.45) is 1.67. The Morgan fingerprint density at radius 1 is 1.71 bits per heavy atom. The third-order valence-electron chi connectivity index (χ3n) is 2.11. The Morgan fingerprint density at radius 3 is 2.76 bits per heavy atom. The van der Waals surface area contributed by atoms with E-state index >= 15 is 0 Å². The number of carbonyl (C=O) groups is 1. The van der Waals surface area contributed by atoms with Gasteiger partial charge in [0.25, 0.3) is 0 Å². The van der Waals surface area contributed by atoms with Crippen LogP contribution >= 0.6 is 11.6 Å². The summed E-state index contributed by atoms with van der Waals surface area (Å²) in [7, 11) is 0. The lowest BCUT2D eigenvalue weighted by Gasteiger charge is -2.10. The van der Waals surface area contributed by atoms with Crippen LogP contribution in [0, 0.1) is 10.1 Å². The lowest BCUT2D eigenvalue weighted by atomic mass is 10.2. The molecule has 0 radical (unpaired) electrons. The van der Waals surface area contributed by atoms with E-state index in [1.54, 1.807) is 13.8 Å². The number of carbonyl (C=O) groups excluding carboxylic acids is 1. The molecule has 7 nitrogen and oxygen atoms in total. The minimum Gasteiger partial charge on any atom is -0.464 e. The van der Waals surface area contributed by atoms with Crippen molar-refractivity contribution in [2.24, 2.45) is 0 Å². The van der Waals surface area contributed by atoms with E-state index in [0.717, 1.165) is 0 Å². The first kappa shape index (κ1) is 13.4. The molecule has 0 N–H and O–H groups in total. The van der Waals surface area contributed by atoms with Gasteiger partial charge in [-0.2, -0.15) is 4.68 Å². The predicted octanol–water partition coefficient (Wildman–Crippen LogP) is 1.96. The molecule has 94 valence electrons. The van der Waals surface area contributed by atoms with E-state index in [-0.39, 0.29) is 11.6 Å². The molecule has 1 aromatic heterocycles. The molecule has 17 heavy (non-hydrogen) atoms. The minimum absolute atomic E-state index is 0.0993. The zero-order valence-corrected chi connectivity index (χ0v) is 10.2. The molecule has 1 heterocycles. The maximum Gasteiger partial charge on any atom is 0.408 e. The lowest BCUT2D eigenvalue weighted by molar-refractivity contribution is -0.389. The number of esters is 1. The van der Waals surface area contributed by atoms with Gasteiger partial charge in [-0.25, -0.2) is 4.79 Å². The Labute approximate surface area is 102 Å². The number of hydrogen-bond donors (Lipinski definition) is 0. The van der Waals surface area contributed by atoms with Crippen molar-refractivity contribution in [1.82, 2.24) is 9.78 Å². The quantitative estimate of drug-likeness (QED) is 0.459. The number of aromatic nitrogens is 2. The van der Waals surface area contributed by atoms with Crippen LogP contribution in [0.3, 0.4) is 0 Å². The largest absolute Gasteiger partial charge is 0.464 e. The first-order valence-electron chi connectivity index (χ1n) is 5.06. The van der Waals surface area contributed by atoms with E-state index in [2.05, 4.69) is 5.10 Å². The summed E-state index contributed by atoms with van der Waals surface area (Å²) in [5, 5.41) is 14.1. The smallest absolute Gasteiger partial charge is 0.408 e. The van der Waals surface area contributed by atoms with Crippen molar-refractivity contribution in [1.29, 1.82) is 0 Å². The van der Waals surface area contributed by atoms with Gasteiger partial charge in [0.2, 0.25) is 0 Å². The van der Waals surface area contributed by atoms with Crippen molar-refractivity contribution in [2.75, 3.05) is 6.61 Å². The lowest BCUT2D eigenvalue weighted by Crippen LogP contribution is -2.21. The van der Waals surface area contributed by atoms with Gasteiger partial charge in [0, 0.05) is 0 Å².